The van der Waals surface area contributed by atoms with Crippen molar-refractivity contribution in [1.82, 2.24) is 4.98 Å². The Labute approximate surface area is 162 Å². The van der Waals surface area contributed by atoms with E-state index >= 15 is 0 Å². The maximum atomic E-state index is 14.5. The smallest absolute Gasteiger partial charge is 0.236 e. The first-order chi connectivity index (χ1) is 12.5. The molecule has 0 saturated heterocycles. The molecular formula is C19H16BrFN2O2S. The Morgan fingerprint density at radius 2 is 2.31 bits per heavy atom. The van der Waals surface area contributed by atoms with Crippen LogP contribution in [-0.2, 0) is 17.6 Å². The highest BCUT2D eigenvalue weighted by molar-refractivity contribution is 9.10. The first-order valence-electron chi connectivity index (χ1n) is 8.31. The molecule has 0 unspecified atom stereocenters. The van der Waals surface area contributed by atoms with E-state index in [1.54, 1.807) is 11.8 Å². The Morgan fingerprint density at radius 1 is 1.46 bits per heavy atom. The minimum atomic E-state index is -0.376. The molecule has 1 aliphatic heterocycles. The normalized spacial score (nSPS) is 13.7. The summed E-state index contributed by atoms with van der Waals surface area (Å²) in [7, 11) is 0. The lowest BCUT2D eigenvalue weighted by Crippen LogP contribution is -2.37. The Balaban J connectivity index is 1.61. The summed E-state index contributed by atoms with van der Waals surface area (Å²) in [6.07, 6.45) is 1.67. The first-order valence-corrected chi connectivity index (χ1v) is 9.98. The molecule has 3 aromatic rings. The van der Waals surface area contributed by atoms with Crippen LogP contribution in [0.15, 0.2) is 38.5 Å². The van der Waals surface area contributed by atoms with Crippen molar-refractivity contribution in [3.8, 4) is 10.8 Å². The van der Waals surface area contributed by atoms with Crippen molar-refractivity contribution < 1.29 is 13.6 Å². The molecule has 134 valence electrons. The van der Waals surface area contributed by atoms with Gasteiger partial charge in [-0.2, -0.15) is 0 Å². The van der Waals surface area contributed by atoms with Gasteiger partial charge in [0.1, 0.15) is 11.6 Å². The molecule has 0 spiro atoms. The Morgan fingerprint density at radius 3 is 3.08 bits per heavy atom. The number of aromatic nitrogens is 1. The fraction of sp³-hybridized carbons (Fsp3) is 0.263. The number of thiophene rings is 1. The van der Waals surface area contributed by atoms with Crippen molar-refractivity contribution in [2.45, 2.75) is 26.2 Å². The molecule has 4 rings (SSSR count). The molecule has 1 aromatic carbocycles. The summed E-state index contributed by atoms with van der Waals surface area (Å²) in [5.74, 6) is 0.601. The van der Waals surface area contributed by atoms with Crippen molar-refractivity contribution in [2.75, 3.05) is 11.4 Å². The predicted molar refractivity (Wildman–Crippen MR) is 103 cm³/mol. The van der Waals surface area contributed by atoms with Gasteiger partial charge in [-0.15, -0.1) is 11.3 Å². The monoisotopic (exact) mass is 434 g/mol. The second-order valence-electron chi connectivity index (χ2n) is 6.22. The van der Waals surface area contributed by atoms with Gasteiger partial charge in [-0.3, -0.25) is 4.79 Å². The lowest BCUT2D eigenvalue weighted by Gasteiger charge is -2.30. The van der Waals surface area contributed by atoms with Gasteiger partial charge in [0.25, 0.3) is 0 Å². The number of hydrogen-bond donors (Lipinski definition) is 0. The number of hydrogen-bond acceptors (Lipinski definition) is 4. The van der Waals surface area contributed by atoms with E-state index in [0.717, 1.165) is 23.3 Å². The molecule has 26 heavy (non-hydrogen) atoms. The maximum Gasteiger partial charge on any atom is 0.236 e. The van der Waals surface area contributed by atoms with Crippen molar-refractivity contribution in [2.24, 2.45) is 0 Å². The summed E-state index contributed by atoms with van der Waals surface area (Å²) in [5, 5.41) is 1.95. The molecule has 0 atom stereocenters. The van der Waals surface area contributed by atoms with Crippen molar-refractivity contribution >= 4 is 38.9 Å². The molecule has 1 amide bonds. The molecule has 2 aromatic heterocycles. The van der Waals surface area contributed by atoms with E-state index in [-0.39, 0.29) is 18.1 Å². The number of carbonyl (C=O) groups is 1. The van der Waals surface area contributed by atoms with Gasteiger partial charge in [0, 0.05) is 11.0 Å². The number of benzene rings is 1. The minimum absolute atomic E-state index is 0.0929. The zero-order chi connectivity index (χ0) is 18.3. The SMILES string of the molecule is Cc1oc(-c2cccs2)nc1CC(=O)N1CCCc2cc(Br)cc(F)c21. The maximum absolute atomic E-state index is 14.5. The minimum Gasteiger partial charge on any atom is -0.440 e. The number of halogens is 2. The Bertz CT molecular complexity index is 968. The molecule has 0 bridgehead atoms. The van der Waals surface area contributed by atoms with Crippen LogP contribution in [0.4, 0.5) is 10.1 Å². The standard InChI is InChI=1S/C19H16BrFN2O2S/c1-11-15(22-19(25-11)16-5-3-7-26-16)10-17(24)23-6-2-4-12-8-13(20)9-14(21)18(12)23/h3,5,7-9H,2,4,6,10H2,1H3. The summed E-state index contributed by atoms with van der Waals surface area (Å²) in [5.41, 5.74) is 1.85. The molecule has 0 aliphatic carbocycles. The van der Waals surface area contributed by atoms with Crippen LogP contribution in [-0.4, -0.2) is 17.4 Å². The summed E-state index contributed by atoms with van der Waals surface area (Å²) in [4.78, 5) is 19.8. The van der Waals surface area contributed by atoms with Gasteiger partial charge in [-0.05, 0) is 48.9 Å². The fourth-order valence-electron chi connectivity index (χ4n) is 3.24. The Kier molecular flexibility index (Phi) is 4.67. The third-order valence-corrected chi connectivity index (χ3v) is 5.76. The van der Waals surface area contributed by atoms with Crippen LogP contribution in [0, 0.1) is 12.7 Å². The van der Waals surface area contributed by atoms with Crippen LogP contribution >= 0.6 is 27.3 Å². The number of aryl methyl sites for hydroxylation is 2. The number of amides is 1. The van der Waals surface area contributed by atoms with Crippen molar-refractivity contribution in [3.05, 3.63) is 57.0 Å². The summed E-state index contributed by atoms with van der Waals surface area (Å²) < 4.78 is 20.9. The van der Waals surface area contributed by atoms with E-state index in [1.165, 1.54) is 17.4 Å². The number of oxazole rings is 1. The molecule has 0 N–H and O–H groups in total. The van der Waals surface area contributed by atoms with E-state index in [9.17, 15) is 9.18 Å². The average molecular weight is 435 g/mol. The van der Waals surface area contributed by atoms with Gasteiger partial charge in [0.05, 0.1) is 22.7 Å². The second-order valence-corrected chi connectivity index (χ2v) is 8.08. The molecule has 0 saturated carbocycles. The quantitative estimate of drug-likeness (QED) is 0.573. The molecule has 0 radical (unpaired) electrons. The van der Waals surface area contributed by atoms with Gasteiger partial charge in [-0.25, -0.2) is 9.37 Å². The van der Waals surface area contributed by atoms with Crippen LogP contribution in [0.1, 0.15) is 23.4 Å². The fourth-order valence-corrected chi connectivity index (χ4v) is 4.36. The summed E-state index contributed by atoms with van der Waals surface area (Å²) >= 11 is 4.85. The lowest BCUT2D eigenvalue weighted by molar-refractivity contribution is -0.118. The molecular weight excluding hydrogens is 419 g/mol. The van der Waals surface area contributed by atoms with Crippen molar-refractivity contribution in [1.29, 1.82) is 0 Å². The topological polar surface area (TPSA) is 46.3 Å². The summed E-state index contributed by atoms with van der Waals surface area (Å²) in [6.45, 7) is 2.31. The number of carbonyl (C=O) groups excluding carboxylic acids is 1. The van der Waals surface area contributed by atoms with Gasteiger partial charge in [0.15, 0.2) is 0 Å². The van der Waals surface area contributed by atoms with Gasteiger partial charge in [0.2, 0.25) is 11.8 Å². The van der Waals surface area contributed by atoms with Crippen molar-refractivity contribution in [3.63, 3.8) is 0 Å². The molecule has 7 heteroatoms. The zero-order valence-corrected chi connectivity index (χ0v) is 16.5. The van der Waals surface area contributed by atoms with Crippen LogP contribution in [0.2, 0.25) is 0 Å². The number of anilines is 1. The molecule has 3 heterocycles. The lowest BCUT2D eigenvalue weighted by atomic mass is 10.0. The van der Waals surface area contributed by atoms with Gasteiger partial charge >= 0.3 is 0 Å². The van der Waals surface area contributed by atoms with Crippen LogP contribution < -0.4 is 4.90 Å². The Hall–Kier alpha value is -1.99. The average Bonchev–Trinajstić information content (AvgIpc) is 3.24. The second kappa shape index (κ2) is 6.96. The number of fused-ring (bicyclic) bond motifs is 1. The highest BCUT2D eigenvalue weighted by atomic mass is 79.9. The molecule has 1 aliphatic rings. The van der Waals surface area contributed by atoms with E-state index in [0.29, 0.717) is 34.0 Å². The van der Waals surface area contributed by atoms with Crippen LogP contribution in [0.5, 0.6) is 0 Å². The van der Waals surface area contributed by atoms with Gasteiger partial charge in [-0.1, -0.05) is 22.0 Å². The zero-order valence-electron chi connectivity index (χ0n) is 14.1. The number of nitrogens with zero attached hydrogens (tertiary/aromatic N) is 2. The highest BCUT2D eigenvalue weighted by Crippen LogP contribution is 2.33. The first kappa shape index (κ1) is 17.4. The third kappa shape index (κ3) is 3.21. The third-order valence-electron chi connectivity index (χ3n) is 4.45. The largest absolute Gasteiger partial charge is 0.440 e. The van der Waals surface area contributed by atoms with Crippen LogP contribution in [0.25, 0.3) is 10.8 Å². The van der Waals surface area contributed by atoms with E-state index in [2.05, 4.69) is 20.9 Å². The predicted octanol–water partition coefficient (Wildman–Crippen LogP) is 5.14. The van der Waals surface area contributed by atoms with E-state index < -0.39 is 0 Å². The molecule has 0 fully saturated rings. The summed E-state index contributed by atoms with van der Waals surface area (Å²) in [6, 6.07) is 7.14. The number of rotatable bonds is 3. The van der Waals surface area contributed by atoms with Crippen LogP contribution in [0.3, 0.4) is 0 Å². The highest BCUT2D eigenvalue weighted by Gasteiger charge is 2.27. The molecule has 4 nitrogen and oxygen atoms in total. The van der Waals surface area contributed by atoms with E-state index in [4.69, 9.17) is 4.42 Å². The van der Waals surface area contributed by atoms with E-state index in [1.807, 2.05) is 23.6 Å². The van der Waals surface area contributed by atoms with Gasteiger partial charge < -0.3 is 9.32 Å².